The first-order valence-corrected chi connectivity index (χ1v) is 10.5. The Morgan fingerprint density at radius 3 is 2.49 bits per heavy atom. The molecule has 3 aromatic rings. The average Bonchev–Trinajstić information content (AvgIpc) is 3.11. The van der Waals surface area contributed by atoms with Crippen LogP contribution in [0.2, 0.25) is 0 Å². The van der Waals surface area contributed by atoms with Crippen LogP contribution >= 0.6 is 0 Å². The van der Waals surface area contributed by atoms with E-state index >= 15 is 0 Å². The number of halogens is 1. The van der Waals surface area contributed by atoms with Gasteiger partial charge in [-0.2, -0.15) is 0 Å². The van der Waals surface area contributed by atoms with Crippen molar-refractivity contribution < 1.29 is 28.4 Å². The summed E-state index contributed by atoms with van der Waals surface area (Å²) in [6.45, 7) is -0.0260. The quantitative estimate of drug-likeness (QED) is 0.223. The maximum absolute atomic E-state index is 13.9. The highest BCUT2D eigenvalue weighted by Gasteiger charge is 2.34. The first-order chi connectivity index (χ1) is 16.9. The molecule has 0 unspecified atom stereocenters. The number of carbonyl (C=O) groups is 2. The molecule has 1 fully saturated rings. The van der Waals surface area contributed by atoms with Crippen LogP contribution in [0.3, 0.4) is 0 Å². The van der Waals surface area contributed by atoms with Crippen molar-refractivity contribution in [3.05, 3.63) is 105 Å². The molecule has 1 heterocycles. The molecule has 0 atom stereocenters. The SMILES string of the molecule is COc1cc(/C=C2/NC(=O)N(Cc3ccccc3F)C2=O)ccc1OCc1ccc([N+](=O)[O-])cc1. The minimum atomic E-state index is -0.639. The second-order valence-electron chi connectivity index (χ2n) is 7.59. The van der Waals surface area contributed by atoms with Gasteiger partial charge in [0, 0.05) is 17.7 Å². The van der Waals surface area contributed by atoms with Gasteiger partial charge >= 0.3 is 6.03 Å². The van der Waals surface area contributed by atoms with E-state index in [0.29, 0.717) is 17.1 Å². The number of nitro groups is 1. The average molecular weight is 477 g/mol. The monoisotopic (exact) mass is 477 g/mol. The predicted molar refractivity (Wildman–Crippen MR) is 124 cm³/mol. The molecule has 0 aliphatic carbocycles. The van der Waals surface area contributed by atoms with E-state index in [9.17, 15) is 24.1 Å². The number of urea groups is 1. The minimum absolute atomic E-state index is 0.00950. The van der Waals surface area contributed by atoms with Crippen LogP contribution in [0.1, 0.15) is 16.7 Å². The van der Waals surface area contributed by atoms with Crippen molar-refractivity contribution in [3.63, 3.8) is 0 Å². The van der Waals surface area contributed by atoms with E-state index in [2.05, 4.69) is 5.32 Å². The molecular formula is C25H20FN3O6. The molecule has 0 bridgehead atoms. The number of hydrogen-bond donors (Lipinski definition) is 1. The van der Waals surface area contributed by atoms with Gasteiger partial charge in [0.25, 0.3) is 11.6 Å². The van der Waals surface area contributed by atoms with Crippen LogP contribution in [-0.2, 0) is 17.9 Å². The van der Waals surface area contributed by atoms with Gasteiger partial charge in [-0.05, 0) is 47.5 Å². The summed E-state index contributed by atoms with van der Waals surface area (Å²) in [4.78, 5) is 36.3. The summed E-state index contributed by atoms with van der Waals surface area (Å²) >= 11 is 0. The molecule has 3 aromatic carbocycles. The number of amides is 3. The van der Waals surface area contributed by atoms with E-state index in [0.717, 1.165) is 10.5 Å². The van der Waals surface area contributed by atoms with Crippen LogP contribution in [0.25, 0.3) is 6.08 Å². The molecule has 1 aliphatic rings. The summed E-state index contributed by atoms with van der Waals surface area (Å²) in [6, 6.07) is 16.3. The number of imide groups is 1. The number of nitrogens with one attached hydrogen (secondary N) is 1. The van der Waals surface area contributed by atoms with Crippen molar-refractivity contribution in [2.24, 2.45) is 0 Å². The Balaban J connectivity index is 1.47. The maximum atomic E-state index is 13.9. The Morgan fingerprint density at radius 2 is 1.80 bits per heavy atom. The number of nitrogens with zero attached hydrogens (tertiary/aromatic N) is 2. The Kier molecular flexibility index (Phi) is 6.72. The van der Waals surface area contributed by atoms with Crippen LogP contribution in [0.5, 0.6) is 11.5 Å². The smallest absolute Gasteiger partial charge is 0.329 e. The van der Waals surface area contributed by atoms with Crippen LogP contribution in [-0.4, -0.2) is 28.9 Å². The van der Waals surface area contributed by atoms with E-state index in [-0.39, 0.29) is 30.1 Å². The van der Waals surface area contributed by atoms with Crippen LogP contribution in [0.15, 0.2) is 72.4 Å². The fourth-order valence-corrected chi connectivity index (χ4v) is 3.45. The lowest BCUT2D eigenvalue weighted by molar-refractivity contribution is -0.384. The molecule has 0 spiro atoms. The molecule has 0 saturated carbocycles. The number of carbonyl (C=O) groups excluding carboxylic acids is 2. The second-order valence-corrected chi connectivity index (χ2v) is 7.59. The highest BCUT2D eigenvalue weighted by Crippen LogP contribution is 2.30. The highest BCUT2D eigenvalue weighted by atomic mass is 19.1. The zero-order chi connectivity index (χ0) is 24.9. The lowest BCUT2D eigenvalue weighted by Gasteiger charge is -2.12. The molecule has 1 saturated heterocycles. The van der Waals surface area contributed by atoms with E-state index < -0.39 is 22.7 Å². The normalized spacial score (nSPS) is 14.2. The number of non-ortho nitro benzene ring substituents is 1. The molecule has 9 nitrogen and oxygen atoms in total. The van der Waals surface area contributed by atoms with Crippen molar-refractivity contribution in [3.8, 4) is 11.5 Å². The van der Waals surface area contributed by atoms with Gasteiger partial charge in [0.1, 0.15) is 18.1 Å². The molecule has 178 valence electrons. The third-order valence-corrected chi connectivity index (χ3v) is 5.29. The van der Waals surface area contributed by atoms with Gasteiger partial charge in [-0.3, -0.25) is 19.8 Å². The Hall–Kier alpha value is -4.73. The fraction of sp³-hybridized carbons (Fsp3) is 0.120. The number of ether oxygens (including phenoxy) is 2. The summed E-state index contributed by atoms with van der Waals surface area (Å²) in [5, 5.41) is 13.3. The van der Waals surface area contributed by atoms with Gasteiger partial charge in [-0.15, -0.1) is 0 Å². The molecule has 35 heavy (non-hydrogen) atoms. The second kappa shape index (κ2) is 10.0. The zero-order valence-corrected chi connectivity index (χ0v) is 18.6. The standard InChI is InChI=1S/C25H20FN3O6/c1-34-23-13-17(8-11-22(23)35-15-16-6-9-19(10-7-16)29(32)33)12-21-24(30)28(25(31)27-21)14-18-4-2-3-5-20(18)26/h2-13H,14-15H2,1H3,(H,27,31)/b21-12+. The predicted octanol–water partition coefficient (Wildman–Crippen LogP) is 4.41. The van der Waals surface area contributed by atoms with Crippen molar-refractivity contribution in [2.45, 2.75) is 13.2 Å². The van der Waals surface area contributed by atoms with Crippen molar-refractivity contribution in [1.29, 1.82) is 0 Å². The van der Waals surface area contributed by atoms with Crippen LogP contribution in [0.4, 0.5) is 14.9 Å². The molecule has 10 heteroatoms. The van der Waals surface area contributed by atoms with Crippen molar-refractivity contribution in [1.82, 2.24) is 10.2 Å². The number of methoxy groups -OCH3 is 1. The van der Waals surface area contributed by atoms with Gasteiger partial charge < -0.3 is 14.8 Å². The van der Waals surface area contributed by atoms with Gasteiger partial charge in [0.15, 0.2) is 11.5 Å². The third kappa shape index (κ3) is 5.27. The third-order valence-electron chi connectivity index (χ3n) is 5.29. The van der Waals surface area contributed by atoms with E-state index in [1.54, 1.807) is 36.4 Å². The molecule has 4 rings (SSSR count). The van der Waals surface area contributed by atoms with Crippen LogP contribution < -0.4 is 14.8 Å². The summed E-state index contributed by atoms with van der Waals surface area (Å²) in [6.07, 6.45) is 1.49. The molecule has 1 aliphatic heterocycles. The van der Waals surface area contributed by atoms with Gasteiger partial charge in [-0.25, -0.2) is 9.18 Å². The summed E-state index contributed by atoms with van der Waals surface area (Å²) in [5.41, 5.74) is 1.57. The minimum Gasteiger partial charge on any atom is -0.493 e. The Labute approximate surface area is 199 Å². The van der Waals surface area contributed by atoms with E-state index in [1.165, 1.54) is 43.5 Å². The van der Waals surface area contributed by atoms with E-state index in [4.69, 9.17) is 9.47 Å². The van der Waals surface area contributed by atoms with Crippen molar-refractivity contribution in [2.75, 3.05) is 7.11 Å². The van der Waals surface area contributed by atoms with Gasteiger partial charge in [0.2, 0.25) is 0 Å². The highest BCUT2D eigenvalue weighted by molar-refractivity contribution is 6.13. The molecule has 0 radical (unpaired) electrons. The fourth-order valence-electron chi connectivity index (χ4n) is 3.45. The lowest BCUT2D eigenvalue weighted by Crippen LogP contribution is -2.30. The first-order valence-electron chi connectivity index (χ1n) is 10.5. The Morgan fingerprint density at radius 1 is 1.06 bits per heavy atom. The largest absolute Gasteiger partial charge is 0.493 e. The Bertz CT molecular complexity index is 1320. The maximum Gasteiger partial charge on any atom is 0.329 e. The molecule has 1 N–H and O–H groups in total. The lowest BCUT2D eigenvalue weighted by atomic mass is 10.1. The first kappa shape index (κ1) is 23.4. The number of nitro benzene ring substituents is 1. The van der Waals surface area contributed by atoms with Gasteiger partial charge in [-0.1, -0.05) is 24.3 Å². The molecule has 3 amide bonds. The van der Waals surface area contributed by atoms with Gasteiger partial charge in [0.05, 0.1) is 18.6 Å². The van der Waals surface area contributed by atoms with Crippen LogP contribution in [0, 0.1) is 15.9 Å². The summed E-state index contributed by atoms with van der Waals surface area (Å²) < 4.78 is 25.1. The number of benzene rings is 3. The summed E-state index contributed by atoms with van der Waals surface area (Å²) in [5.74, 6) is -0.257. The topological polar surface area (TPSA) is 111 Å². The number of rotatable bonds is 8. The summed E-state index contributed by atoms with van der Waals surface area (Å²) in [7, 11) is 1.46. The zero-order valence-electron chi connectivity index (χ0n) is 18.6. The van der Waals surface area contributed by atoms with E-state index in [1.807, 2.05) is 0 Å². The van der Waals surface area contributed by atoms with Crippen molar-refractivity contribution >= 4 is 23.7 Å². The molecule has 0 aromatic heterocycles. The number of hydrogen-bond acceptors (Lipinski definition) is 6. The molecular weight excluding hydrogens is 457 g/mol.